The van der Waals surface area contributed by atoms with Crippen LogP contribution in [0.2, 0.25) is 0 Å². The number of carbonyl (C=O) groups excluding carboxylic acids is 1. The summed E-state index contributed by atoms with van der Waals surface area (Å²) in [5.74, 6) is 0.497. The van der Waals surface area contributed by atoms with E-state index < -0.39 is 0 Å². The number of hydrogen-bond acceptors (Lipinski definition) is 2. The second-order valence-corrected chi connectivity index (χ2v) is 3.20. The van der Waals surface area contributed by atoms with Crippen molar-refractivity contribution in [2.24, 2.45) is 11.7 Å². The molecule has 1 atom stereocenters. The van der Waals surface area contributed by atoms with Gasteiger partial charge in [-0.25, -0.2) is 4.79 Å². The molecule has 0 aromatic carbocycles. The average molecular weight is 187 g/mol. The van der Waals surface area contributed by atoms with E-state index in [0.717, 1.165) is 12.8 Å². The molecule has 0 aliphatic carbocycles. The van der Waals surface area contributed by atoms with Gasteiger partial charge in [-0.05, 0) is 5.92 Å². The normalized spacial score (nSPS) is 12.7. The van der Waals surface area contributed by atoms with E-state index in [0.29, 0.717) is 12.5 Å². The van der Waals surface area contributed by atoms with Gasteiger partial charge in [-0.3, -0.25) is 0 Å². The molecule has 0 aliphatic heterocycles. The van der Waals surface area contributed by atoms with Gasteiger partial charge in [0.15, 0.2) is 0 Å². The summed E-state index contributed by atoms with van der Waals surface area (Å²) in [4.78, 5) is 10.8. The molecule has 0 rings (SSSR count). The molecule has 0 saturated heterocycles. The minimum absolute atomic E-state index is 0.0623. The number of amides is 2. The lowest BCUT2D eigenvalue weighted by molar-refractivity contribution is 0.240. The molecule has 2 amide bonds. The second kappa shape index (κ2) is 6.71. The predicted molar refractivity (Wildman–Crippen MR) is 54.5 cm³/mol. The van der Waals surface area contributed by atoms with Crippen LogP contribution < -0.4 is 16.4 Å². The summed E-state index contributed by atoms with van der Waals surface area (Å²) in [6, 6.07) is -0.103. The number of rotatable bonds is 5. The highest BCUT2D eigenvalue weighted by Crippen LogP contribution is 2.10. The molecule has 0 aliphatic rings. The minimum Gasteiger partial charge on any atom is -0.341 e. The number of hydrogen-bond donors (Lipinski definition) is 3. The molecule has 1 unspecified atom stereocenters. The molecule has 0 aromatic heterocycles. The minimum atomic E-state index is -0.165. The lowest BCUT2D eigenvalue weighted by atomic mass is 9.95. The first-order chi connectivity index (χ1) is 6.15. The molecule has 0 saturated carbocycles. The van der Waals surface area contributed by atoms with Gasteiger partial charge < -0.3 is 16.4 Å². The molecule has 4 heteroatoms. The quantitative estimate of drug-likeness (QED) is 0.592. The molecule has 4 nitrogen and oxygen atoms in total. The van der Waals surface area contributed by atoms with Gasteiger partial charge in [-0.1, -0.05) is 26.7 Å². The van der Waals surface area contributed by atoms with Gasteiger partial charge in [0.2, 0.25) is 0 Å². The Labute approximate surface area is 80.3 Å². The Balaban J connectivity index is 3.71. The third kappa shape index (κ3) is 4.72. The molecule has 0 bridgehead atoms. The fourth-order valence-electron chi connectivity index (χ4n) is 1.36. The van der Waals surface area contributed by atoms with Crippen LogP contribution in [0.25, 0.3) is 0 Å². The zero-order valence-corrected chi connectivity index (χ0v) is 8.76. The van der Waals surface area contributed by atoms with Crippen LogP contribution in [0.4, 0.5) is 4.79 Å². The zero-order valence-electron chi connectivity index (χ0n) is 8.76. The van der Waals surface area contributed by atoms with Crippen molar-refractivity contribution >= 4 is 6.03 Å². The first-order valence-electron chi connectivity index (χ1n) is 4.86. The van der Waals surface area contributed by atoms with Crippen LogP contribution in [-0.4, -0.2) is 25.7 Å². The Morgan fingerprint density at radius 3 is 2.31 bits per heavy atom. The van der Waals surface area contributed by atoms with Gasteiger partial charge in [0, 0.05) is 19.6 Å². The molecule has 0 spiro atoms. The van der Waals surface area contributed by atoms with E-state index in [1.807, 2.05) is 0 Å². The fraction of sp³-hybridized carbons (Fsp3) is 0.889. The zero-order chi connectivity index (χ0) is 10.3. The topological polar surface area (TPSA) is 67.1 Å². The Morgan fingerprint density at radius 2 is 1.92 bits per heavy atom. The van der Waals surface area contributed by atoms with E-state index in [2.05, 4.69) is 24.5 Å². The highest BCUT2D eigenvalue weighted by Gasteiger charge is 2.13. The molecule has 0 fully saturated rings. The van der Waals surface area contributed by atoms with Crippen molar-refractivity contribution in [3.8, 4) is 0 Å². The van der Waals surface area contributed by atoms with Crippen molar-refractivity contribution < 1.29 is 4.79 Å². The van der Waals surface area contributed by atoms with E-state index in [9.17, 15) is 4.79 Å². The lowest BCUT2D eigenvalue weighted by Gasteiger charge is -2.21. The number of nitrogens with one attached hydrogen (secondary N) is 2. The number of nitrogens with two attached hydrogens (primary N) is 1. The highest BCUT2D eigenvalue weighted by atomic mass is 16.2. The summed E-state index contributed by atoms with van der Waals surface area (Å²) < 4.78 is 0. The molecule has 4 N–H and O–H groups in total. The third-order valence-electron chi connectivity index (χ3n) is 2.38. The van der Waals surface area contributed by atoms with Crippen LogP contribution in [0.5, 0.6) is 0 Å². The van der Waals surface area contributed by atoms with Crippen LogP contribution >= 0.6 is 0 Å². The van der Waals surface area contributed by atoms with Gasteiger partial charge >= 0.3 is 6.03 Å². The van der Waals surface area contributed by atoms with Crippen LogP contribution in [0.1, 0.15) is 26.7 Å². The second-order valence-electron chi connectivity index (χ2n) is 3.20. The third-order valence-corrected chi connectivity index (χ3v) is 2.38. The molecular formula is C9H21N3O. The highest BCUT2D eigenvalue weighted by molar-refractivity contribution is 5.73. The Kier molecular flexibility index (Phi) is 6.32. The fourth-order valence-corrected chi connectivity index (χ4v) is 1.36. The average Bonchev–Trinajstić information content (AvgIpc) is 2.16. The van der Waals surface area contributed by atoms with Gasteiger partial charge in [0.1, 0.15) is 0 Å². The van der Waals surface area contributed by atoms with Crippen molar-refractivity contribution in [1.82, 2.24) is 10.6 Å². The monoisotopic (exact) mass is 187 g/mol. The Hall–Kier alpha value is -0.770. The van der Waals surface area contributed by atoms with E-state index in [1.54, 1.807) is 7.05 Å². The van der Waals surface area contributed by atoms with Gasteiger partial charge in [0.25, 0.3) is 0 Å². The smallest absolute Gasteiger partial charge is 0.314 e. The summed E-state index contributed by atoms with van der Waals surface area (Å²) in [6.45, 7) is 4.79. The first-order valence-corrected chi connectivity index (χ1v) is 4.86. The first kappa shape index (κ1) is 12.2. The Morgan fingerprint density at radius 1 is 1.38 bits per heavy atom. The molecule has 78 valence electrons. The summed E-state index contributed by atoms with van der Waals surface area (Å²) >= 11 is 0. The van der Waals surface area contributed by atoms with E-state index in [4.69, 9.17) is 5.73 Å². The van der Waals surface area contributed by atoms with Crippen LogP contribution in [0.3, 0.4) is 0 Å². The van der Waals surface area contributed by atoms with Crippen LogP contribution in [0.15, 0.2) is 0 Å². The molecular weight excluding hydrogens is 166 g/mol. The van der Waals surface area contributed by atoms with Crippen molar-refractivity contribution in [3.05, 3.63) is 0 Å². The molecule has 0 radical (unpaired) electrons. The van der Waals surface area contributed by atoms with Gasteiger partial charge in [-0.15, -0.1) is 0 Å². The number of carbonyl (C=O) groups is 1. The van der Waals surface area contributed by atoms with Crippen LogP contribution in [-0.2, 0) is 0 Å². The summed E-state index contributed by atoms with van der Waals surface area (Å²) in [6.07, 6.45) is 2.13. The largest absolute Gasteiger partial charge is 0.341 e. The van der Waals surface area contributed by atoms with E-state index in [1.165, 1.54) is 0 Å². The van der Waals surface area contributed by atoms with E-state index in [-0.39, 0.29) is 12.1 Å². The van der Waals surface area contributed by atoms with Crippen molar-refractivity contribution in [3.63, 3.8) is 0 Å². The van der Waals surface area contributed by atoms with Gasteiger partial charge in [0.05, 0.1) is 0 Å². The molecule has 0 heterocycles. The van der Waals surface area contributed by atoms with Crippen molar-refractivity contribution in [2.75, 3.05) is 13.6 Å². The Bertz CT molecular complexity index is 146. The SMILES string of the molecule is CCC(CC)C(N)CNC(=O)NC. The van der Waals surface area contributed by atoms with E-state index >= 15 is 0 Å². The maximum absolute atomic E-state index is 10.8. The molecule has 13 heavy (non-hydrogen) atoms. The summed E-state index contributed by atoms with van der Waals surface area (Å²) in [7, 11) is 1.60. The maximum Gasteiger partial charge on any atom is 0.314 e. The van der Waals surface area contributed by atoms with Gasteiger partial charge in [-0.2, -0.15) is 0 Å². The van der Waals surface area contributed by atoms with Crippen molar-refractivity contribution in [1.29, 1.82) is 0 Å². The standard InChI is InChI=1S/C9H21N3O/c1-4-7(5-2)8(10)6-12-9(13)11-3/h7-8H,4-6,10H2,1-3H3,(H2,11,12,13). The van der Waals surface area contributed by atoms with Crippen LogP contribution in [0, 0.1) is 5.92 Å². The predicted octanol–water partition coefficient (Wildman–Crippen LogP) is 0.679. The van der Waals surface area contributed by atoms with Crippen molar-refractivity contribution in [2.45, 2.75) is 32.7 Å². The number of urea groups is 1. The summed E-state index contributed by atoms with van der Waals surface area (Å²) in [5, 5.41) is 5.20. The maximum atomic E-state index is 10.8. The summed E-state index contributed by atoms with van der Waals surface area (Å²) in [5.41, 5.74) is 5.90. The lowest BCUT2D eigenvalue weighted by Crippen LogP contribution is -2.44. The molecule has 0 aromatic rings.